The molecule has 0 radical (unpaired) electrons. The zero-order valence-electron chi connectivity index (χ0n) is 15.5. The maximum absolute atomic E-state index is 10.7. The molecule has 0 aromatic heterocycles. The number of halogens is 1. The van der Waals surface area contributed by atoms with E-state index < -0.39 is 4.92 Å². The van der Waals surface area contributed by atoms with Gasteiger partial charge in [0.15, 0.2) is 5.96 Å². The Balaban J connectivity index is 0.00000364. The number of hydrogen-bond donors (Lipinski definition) is 2. The smallest absolute Gasteiger partial charge is 0.269 e. The van der Waals surface area contributed by atoms with Crippen molar-refractivity contribution in [3.8, 4) is 0 Å². The van der Waals surface area contributed by atoms with Crippen LogP contribution >= 0.6 is 24.0 Å². The minimum absolute atomic E-state index is 0. The number of aryl methyl sites for hydroxylation is 1. The number of nitrogens with one attached hydrogen (secondary N) is 2. The van der Waals surface area contributed by atoms with E-state index in [1.807, 2.05) is 0 Å². The van der Waals surface area contributed by atoms with Gasteiger partial charge >= 0.3 is 0 Å². The van der Waals surface area contributed by atoms with Crippen molar-refractivity contribution in [2.45, 2.75) is 20.0 Å². The van der Waals surface area contributed by atoms with Crippen LogP contribution in [0.25, 0.3) is 0 Å². The summed E-state index contributed by atoms with van der Waals surface area (Å²) >= 11 is 0. The molecular formula is C19H25IN4O3. The van der Waals surface area contributed by atoms with Gasteiger partial charge in [-0.3, -0.25) is 10.1 Å². The third-order valence-electron chi connectivity index (χ3n) is 3.75. The fraction of sp³-hybridized carbons (Fsp3) is 0.316. The van der Waals surface area contributed by atoms with Crippen LogP contribution in [0.2, 0.25) is 0 Å². The van der Waals surface area contributed by atoms with Crippen LogP contribution in [-0.4, -0.2) is 31.1 Å². The molecule has 2 aromatic carbocycles. The van der Waals surface area contributed by atoms with Crippen molar-refractivity contribution in [3.63, 3.8) is 0 Å². The molecule has 2 N–H and O–H groups in total. The topological polar surface area (TPSA) is 88.8 Å². The van der Waals surface area contributed by atoms with E-state index in [1.165, 1.54) is 17.7 Å². The minimum Gasteiger partial charge on any atom is -0.383 e. The summed E-state index contributed by atoms with van der Waals surface area (Å²) in [5.74, 6) is 0.668. The normalized spacial score (nSPS) is 10.8. The molecule has 0 aliphatic heterocycles. The van der Waals surface area contributed by atoms with Gasteiger partial charge in [-0.15, -0.1) is 24.0 Å². The Morgan fingerprint density at radius 3 is 2.30 bits per heavy atom. The van der Waals surface area contributed by atoms with Crippen LogP contribution in [0.3, 0.4) is 0 Å². The molecule has 0 saturated heterocycles. The Morgan fingerprint density at radius 2 is 1.70 bits per heavy atom. The van der Waals surface area contributed by atoms with Gasteiger partial charge in [0.25, 0.3) is 5.69 Å². The van der Waals surface area contributed by atoms with Crippen LogP contribution in [-0.2, 0) is 17.8 Å². The predicted octanol–water partition coefficient (Wildman–Crippen LogP) is 3.40. The van der Waals surface area contributed by atoms with E-state index in [0.717, 1.165) is 11.1 Å². The van der Waals surface area contributed by atoms with Gasteiger partial charge in [-0.1, -0.05) is 42.0 Å². The van der Waals surface area contributed by atoms with Crippen molar-refractivity contribution >= 4 is 35.6 Å². The van der Waals surface area contributed by atoms with Crippen molar-refractivity contribution < 1.29 is 9.66 Å². The zero-order chi connectivity index (χ0) is 18.8. The number of nitro groups is 1. The van der Waals surface area contributed by atoms with E-state index >= 15 is 0 Å². The number of nitro benzene ring substituents is 1. The summed E-state index contributed by atoms with van der Waals surface area (Å²) in [7, 11) is 1.65. The molecule has 8 heteroatoms. The SMILES string of the molecule is COCCNC(=NCc1ccc(C)cc1)NCc1ccc([N+](=O)[O-])cc1.I. The molecule has 0 unspecified atom stereocenters. The van der Waals surface area contributed by atoms with E-state index in [9.17, 15) is 10.1 Å². The van der Waals surface area contributed by atoms with Gasteiger partial charge in [-0.25, -0.2) is 4.99 Å². The second kappa shape index (κ2) is 12.2. The molecule has 0 spiro atoms. The number of hydrogen-bond acceptors (Lipinski definition) is 4. The van der Waals surface area contributed by atoms with Gasteiger partial charge < -0.3 is 15.4 Å². The van der Waals surface area contributed by atoms with E-state index in [2.05, 4.69) is 46.8 Å². The number of aliphatic imine (C=N–C) groups is 1. The fourth-order valence-corrected chi connectivity index (χ4v) is 2.23. The predicted molar refractivity (Wildman–Crippen MR) is 118 cm³/mol. The van der Waals surface area contributed by atoms with Crippen molar-refractivity contribution in [2.24, 2.45) is 4.99 Å². The number of non-ortho nitro benzene ring substituents is 1. The van der Waals surface area contributed by atoms with E-state index in [4.69, 9.17) is 4.74 Å². The third kappa shape index (κ3) is 8.35. The molecule has 0 fully saturated rings. The molecular weight excluding hydrogens is 459 g/mol. The summed E-state index contributed by atoms with van der Waals surface area (Å²) in [6.45, 7) is 4.34. The number of guanidine groups is 1. The summed E-state index contributed by atoms with van der Waals surface area (Å²) in [6.07, 6.45) is 0. The standard InChI is InChI=1S/C19H24N4O3.HI/c1-15-3-5-16(6-4-15)13-21-19(20-11-12-26-2)22-14-17-7-9-18(10-8-17)23(24)25;/h3-10H,11-14H2,1-2H3,(H2,20,21,22);1H. The van der Waals surface area contributed by atoms with Gasteiger partial charge in [0.05, 0.1) is 18.1 Å². The van der Waals surface area contributed by atoms with Crippen LogP contribution in [0.4, 0.5) is 5.69 Å². The molecule has 0 amide bonds. The number of benzene rings is 2. The highest BCUT2D eigenvalue weighted by Crippen LogP contribution is 2.11. The number of methoxy groups -OCH3 is 1. The van der Waals surface area contributed by atoms with E-state index in [1.54, 1.807) is 19.2 Å². The first-order valence-corrected chi connectivity index (χ1v) is 8.38. The molecule has 146 valence electrons. The first-order valence-electron chi connectivity index (χ1n) is 8.38. The molecule has 7 nitrogen and oxygen atoms in total. The molecule has 27 heavy (non-hydrogen) atoms. The van der Waals surface area contributed by atoms with Crippen molar-refractivity contribution in [1.82, 2.24) is 10.6 Å². The molecule has 0 heterocycles. The van der Waals surface area contributed by atoms with Crippen LogP contribution in [0.15, 0.2) is 53.5 Å². The largest absolute Gasteiger partial charge is 0.383 e. The summed E-state index contributed by atoms with van der Waals surface area (Å²) in [5, 5.41) is 17.2. The zero-order valence-corrected chi connectivity index (χ0v) is 17.8. The molecule has 2 aromatic rings. The Hall–Kier alpha value is -2.20. The molecule has 0 atom stereocenters. The van der Waals surface area contributed by atoms with Crippen molar-refractivity contribution in [3.05, 3.63) is 75.3 Å². The van der Waals surface area contributed by atoms with Crippen LogP contribution < -0.4 is 10.6 Å². The highest BCUT2D eigenvalue weighted by atomic mass is 127. The lowest BCUT2D eigenvalue weighted by atomic mass is 10.1. The summed E-state index contributed by atoms with van der Waals surface area (Å²) in [4.78, 5) is 14.9. The van der Waals surface area contributed by atoms with Gasteiger partial charge in [0.2, 0.25) is 0 Å². The van der Waals surface area contributed by atoms with E-state index in [-0.39, 0.29) is 29.7 Å². The Labute approximate surface area is 176 Å². The molecule has 0 aliphatic rings. The Morgan fingerprint density at radius 1 is 1.07 bits per heavy atom. The molecule has 2 rings (SSSR count). The summed E-state index contributed by atoms with van der Waals surface area (Å²) in [6, 6.07) is 14.7. The monoisotopic (exact) mass is 484 g/mol. The quantitative estimate of drug-likeness (QED) is 0.150. The average Bonchev–Trinajstić information content (AvgIpc) is 2.65. The third-order valence-corrected chi connectivity index (χ3v) is 3.75. The van der Waals surface area contributed by atoms with Gasteiger partial charge in [-0.05, 0) is 18.1 Å². The lowest BCUT2D eigenvalue weighted by Crippen LogP contribution is -2.38. The van der Waals surface area contributed by atoms with Crippen LogP contribution in [0, 0.1) is 17.0 Å². The lowest BCUT2D eigenvalue weighted by Gasteiger charge is -2.12. The average molecular weight is 484 g/mol. The van der Waals surface area contributed by atoms with Crippen molar-refractivity contribution in [2.75, 3.05) is 20.3 Å². The van der Waals surface area contributed by atoms with Gasteiger partial charge in [0, 0.05) is 32.3 Å². The van der Waals surface area contributed by atoms with Crippen LogP contribution in [0.5, 0.6) is 0 Å². The Kier molecular flexibility index (Phi) is 10.3. The Bertz CT molecular complexity index is 734. The van der Waals surface area contributed by atoms with Crippen molar-refractivity contribution in [1.29, 1.82) is 0 Å². The van der Waals surface area contributed by atoms with Gasteiger partial charge in [-0.2, -0.15) is 0 Å². The first kappa shape index (κ1) is 22.8. The maximum Gasteiger partial charge on any atom is 0.269 e. The second-order valence-electron chi connectivity index (χ2n) is 5.85. The molecule has 0 aliphatic carbocycles. The summed E-state index contributed by atoms with van der Waals surface area (Å²) in [5.41, 5.74) is 3.36. The number of ether oxygens (including phenoxy) is 1. The first-order chi connectivity index (χ1) is 12.6. The van der Waals surface area contributed by atoms with Crippen LogP contribution in [0.1, 0.15) is 16.7 Å². The maximum atomic E-state index is 10.7. The summed E-state index contributed by atoms with van der Waals surface area (Å²) < 4.78 is 5.06. The molecule has 0 bridgehead atoms. The van der Waals surface area contributed by atoms with E-state index in [0.29, 0.717) is 32.2 Å². The number of nitrogens with zero attached hydrogens (tertiary/aromatic N) is 2. The number of rotatable bonds is 8. The highest BCUT2D eigenvalue weighted by Gasteiger charge is 2.05. The molecule has 0 saturated carbocycles. The highest BCUT2D eigenvalue weighted by molar-refractivity contribution is 14.0. The lowest BCUT2D eigenvalue weighted by molar-refractivity contribution is -0.384. The minimum atomic E-state index is -0.405. The van der Waals surface area contributed by atoms with Gasteiger partial charge in [0.1, 0.15) is 0 Å². The second-order valence-corrected chi connectivity index (χ2v) is 5.85. The fourth-order valence-electron chi connectivity index (χ4n) is 2.23.